The molecule has 0 spiro atoms. The Morgan fingerprint density at radius 1 is 1.11 bits per heavy atom. The van der Waals surface area contributed by atoms with Crippen LogP contribution in [0.5, 0.6) is 5.75 Å². The first-order valence-corrected chi connectivity index (χ1v) is 13.0. The number of anilines is 1. The third-order valence-corrected chi connectivity index (χ3v) is 6.98. The van der Waals surface area contributed by atoms with Gasteiger partial charge in [0.2, 0.25) is 0 Å². The maximum absolute atomic E-state index is 12.1. The number of rotatable bonds is 9. The van der Waals surface area contributed by atoms with Gasteiger partial charge in [-0.3, -0.25) is 4.94 Å². The molecule has 3 aromatic rings. The predicted molar refractivity (Wildman–Crippen MR) is 153 cm³/mol. The zero-order valence-electron chi connectivity index (χ0n) is 20.8. The summed E-state index contributed by atoms with van der Waals surface area (Å²) < 4.78 is 12.1. The SMILES string of the molecule is CCC(C)c1ccccc1N1CCS/C1=N\N=C\c1ccc(C(N)=NC=Nc2ccc(OF)cc2)cc1. The van der Waals surface area contributed by atoms with E-state index in [4.69, 9.17) is 5.73 Å². The van der Waals surface area contributed by atoms with Crippen molar-refractivity contribution in [2.45, 2.75) is 26.2 Å². The summed E-state index contributed by atoms with van der Waals surface area (Å²) in [5.74, 6) is 1.91. The fourth-order valence-corrected chi connectivity index (χ4v) is 4.69. The first kappa shape index (κ1) is 26.1. The van der Waals surface area contributed by atoms with E-state index in [0.29, 0.717) is 17.4 Å². The van der Waals surface area contributed by atoms with Crippen molar-refractivity contribution in [1.29, 1.82) is 0 Å². The van der Waals surface area contributed by atoms with Crippen LogP contribution in [0.15, 0.2) is 93.0 Å². The molecule has 2 N–H and O–H groups in total. The summed E-state index contributed by atoms with van der Waals surface area (Å²) in [6.07, 6.45) is 4.18. The minimum atomic E-state index is 0.114. The Bertz CT molecular complexity index is 1310. The van der Waals surface area contributed by atoms with E-state index in [0.717, 1.165) is 35.0 Å². The summed E-state index contributed by atoms with van der Waals surface area (Å²) in [5.41, 5.74) is 10.9. The zero-order valence-corrected chi connectivity index (χ0v) is 21.6. The van der Waals surface area contributed by atoms with Gasteiger partial charge in [-0.2, -0.15) is 5.10 Å². The van der Waals surface area contributed by atoms with Gasteiger partial charge in [-0.15, -0.1) is 5.10 Å². The third-order valence-electron chi connectivity index (χ3n) is 6.03. The summed E-state index contributed by atoms with van der Waals surface area (Å²) in [7, 11) is 0. The number of nitrogens with zero attached hydrogens (tertiary/aromatic N) is 5. The van der Waals surface area contributed by atoms with Crippen LogP contribution in [0.1, 0.15) is 42.9 Å². The molecule has 7 nitrogen and oxygen atoms in total. The number of hydrogen-bond donors (Lipinski definition) is 1. The number of hydrogen-bond acceptors (Lipinski definition) is 5. The van der Waals surface area contributed by atoms with E-state index < -0.39 is 0 Å². The van der Waals surface area contributed by atoms with Crippen LogP contribution < -0.4 is 15.6 Å². The number of para-hydroxylation sites is 1. The molecule has 1 aliphatic rings. The van der Waals surface area contributed by atoms with Gasteiger partial charge in [-0.1, -0.05) is 68.1 Å². The van der Waals surface area contributed by atoms with Gasteiger partial charge < -0.3 is 10.6 Å². The molecule has 1 atom stereocenters. The van der Waals surface area contributed by atoms with Gasteiger partial charge in [-0.25, -0.2) is 9.98 Å². The summed E-state index contributed by atoms with van der Waals surface area (Å²) >= 11 is 1.72. The highest BCUT2D eigenvalue weighted by atomic mass is 32.2. The highest BCUT2D eigenvalue weighted by Gasteiger charge is 2.24. The third kappa shape index (κ3) is 6.83. The normalized spacial score (nSPS) is 16.2. The van der Waals surface area contributed by atoms with Crippen molar-refractivity contribution in [2.24, 2.45) is 25.9 Å². The van der Waals surface area contributed by atoms with Crippen molar-refractivity contribution >= 4 is 46.7 Å². The average molecular weight is 517 g/mol. The molecular weight excluding hydrogens is 487 g/mol. The van der Waals surface area contributed by atoms with Crippen LogP contribution in [0.25, 0.3) is 0 Å². The first-order chi connectivity index (χ1) is 18.1. The fourth-order valence-electron chi connectivity index (χ4n) is 3.78. The molecule has 1 aliphatic heterocycles. The van der Waals surface area contributed by atoms with Gasteiger partial charge >= 0.3 is 0 Å². The van der Waals surface area contributed by atoms with Crippen LogP contribution in [-0.4, -0.2) is 35.9 Å². The van der Waals surface area contributed by atoms with Gasteiger partial charge in [0, 0.05) is 28.1 Å². The highest BCUT2D eigenvalue weighted by Crippen LogP contribution is 2.33. The van der Waals surface area contributed by atoms with Crippen molar-refractivity contribution in [3.63, 3.8) is 0 Å². The van der Waals surface area contributed by atoms with Gasteiger partial charge in [0.15, 0.2) is 10.9 Å². The number of amidine groups is 2. The van der Waals surface area contributed by atoms with Crippen molar-refractivity contribution in [3.8, 4) is 5.75 Å². The van der Waals surface area contributed by atoms with Gasteiger partial charge in [0.1, 0.15) is 12.2 Å². The lowest BCUT2D eigenvalue weighted by Crippen LogP contribution is -2.25. The summed E-state index contributed by atoms with van der Waals surface area (Å²) in [6.45, 7) is 5.39. The Hall–Kier alpha value is -3.98. The van der Waals surface area contributed by atoms with E-state index in [1.807, 2.05) is 24.3 Å². The Morgan fingerprint density at radius 3 is 2.59 bits per heavy atom. The number of aliphatic imine (C=N–C) groups is 2. The standard InChI is InChI=1S/C28H29FN6OS/c1-3-20(2)25-6-4-5-7-26(25)35-16-17-37-28(35)34-33-18-21-8-10-22(11-9-21)27(30)32-19-31-23-12-14-24(36-29)15-13-23/h4-15,18-20H,3,16-17H2,1-2H3,(H2,30,31,32)/b33-18+,34-28-. The predicted octanol–water partition coefficient (Wildman–Crippen LogP) is 6.47. The van der Waals surface area contributed by atoms with Gasteiger partial charge in [0.25, 0.3) is 0 Å². The molecule has 1 heterocycles. The van der Waals surface area contributed by atoms with E-state index in [1.54, 1.807) is 30.1 Å². The van der Waals surface area contributed by atoms with Gasteiger partial charge in [0.05, 0.1) is 11.9 Å². The average Bonchev–Trinajstić information content (AvgIpc) is 3.41. The Kier molecular flexibility index (Phi) is 9.04. The molecule has 3 aromatic carbocycles. The minimum Gasteiger partial charge on any atom is -0.383 e. The molecule has 1 saturated heterocycles. The molecule has 9 heteroatoms. The maximum atomic E-state index is 12.1. The van der Waals surface area contributed by atoms with Crippen LogP contribution in [0.3, 0.4) is 0 Å². The smallest absolute Gasteiger partial charge is 0.190 e. The molecule has 4 rings (SSSR count). The summed E-state index contributed by atoms with van der Waals surface area (Å²) in [6, 6.07) is 22.3. The zero-order chi connectivity index (χ0) is 26.0. The molecular formula is C28H29FN6OS. The van der Waals surface area contributed by atoms with Crippen LogP contribution in [-0.2, 0) is 0 Å². The maximum Gasteiger partial charge on any atom is 0.190 e. The minimum absolute atomic E-state index is 0.114. The quantitative estimate of drug-likeness (QED) is 0.201. The number of halogens is 1. The van der Waals surface area contributed by atoms with Crippen molar-refractivity contribution in [3.05, 3.63) is 89.5 Å². The lowest BCUT2D eigenvalue weighted by Gasteiger charge is -2.23. The number of nitrogens with two attached hydrogens (primary N) is 1. The van der Waals surface area contributed by atoms with Crippen molar-refractivity contribution < 1.29 is 9.47 Å². The number of thioether (sulfide) groups is 1. The van der Waals surface area contributed by atoms with Crippen molar-refractivity contribution in [1.82, 2.24) is 0 Å². The molecule has 0 aromatic heterocycles. The molecule has 1 fully saturated rings. The van der Waals surface area contributed by atoms with Gasteiger partial charge in [-0.05, 0) is 53.8 Å². The van der Waals surface area contributed by atoms with Crippen LogP contribution in [0.2, 0.25) is 0 Å². The van der Waals surface area contributed by atoms with Crippen LogP contribution >= 0.6 is 11.8 Å². The molecule has 1 unspecified atom stereocenters. The summed E-state index contributed by atoms with van der Waals surface area (Å²) in [5, 5.41) is 9.78. The lowest BCUT2D eigenvalue weighted by atomic mass is 9.96. The lowest BCUT2D eigenvalue weighted by molar-refractivity contribution is -0.00618. The Labute approximate surface area is 220 Å². The fraction of sp³-hybridized carbons (Fsp3) is 0.214. The highest BCUT2D eigenvalue weighted by molar-refractivity contribution is 8.14. The molecule has 190 valence electrons. The molecule has 0 amide bonds. The Balaban J connectivity index is 1.40. The second-order valence-electron chi connectivity index (χ2n) is 8.45. The molecule has 0 saturated carbocycles. The van der Waals surface area contributed by atoms with E-state index in [2.05, 4.69) is 68.1 Å². The van der Waals surface area contributed by atoms with E-state index >= 15 is 0 Å². The largest absolute Gasteiger partial charge is 0.383 e. The van der Waals surface area contributed by atoms with E-state index in [-0.39, 0.29) is 5.75 Å². The number of benzene rings is 3. The molecule has 0 bridgehead atoms. The van der Waals surface area contributed by atoms with Crippen LogP contribution in [0, 0.1) is 0 Å². The Morgan fingerprint density at radius 2 is 1.86 bits per heavy atom. The van der Waals surface area contributed by atoms with Crippen molar-refractivity contribution in [2.75, 3.05) is 17.2 Å². The monoisotopic (exact) mass is 516 g/mol. The molecule has 0 aliphatic carbocycles. The summed E-state index contributed by atoms with van der Waals surface area (Å²) in [4.78, 5) is 14.3. The second kappa shape index (κ2) is 12.8. The second-order valence-corrected chi connectivity index (χ2v) is 9.51. The molecule has 37 heavy (non-hydrogen) atoms. The first-order valence-electron chi connectivity index (χ1n) is 12.0. The van der Waals surface area contributed by atoms with Crippen LogP contribution in [0.4, 0.5) is 15.9 Å². The topological polar surface area (TPSA) is 87.9 Å². The van der Waals surface area contributed by atoms with E-state index in [1.165, 1.54) is 29.7 Å². The van der Waals surface area contributed by atoms with E-state index in [9.17, 15) is 4.53 Å². The molecule has 0 radical (unpaired) electrons.